The average molecular weight is 223 g/mol. The van der Waals surface area contributed by atoms with Crippen LogP contribution >= 0.6 is 0 Å². The van der Waals surface area contributed by atoms with E-state index in [9.17, 15) is 4.39 Å². The van der Waals surface area contributed by atoms with E-state index in [0.717, 1.165) is 16.7 Å². The number of benzene rings is 2. The Balaban J connectivity index is 2.30. The minimum Gasteiger partial charge on any atom is -0.216 e. The Morgan fingerprint density at radius 1 is 0.882 bits per heavy atom. The SMILES string of the molecule is N#Cc1ccc(-c2ccc(/C=C/F)cc2)cc1. The molecule has 2 rings (SSSR count). The molecule has 0 fully saturated rings. The molecule has 0 aliphatic carbocycles. The second-order valence-corrected chi connectivity index (χ2v) is 3.60. The van der Waals surface area contributed by atoms with Crippen LogP contribution in [0.15, 0.2) is 54.9 Å². The Labute approximate surface area is 99.5 Å². The number of halogens is 1. The van der Waals surface area contributed by atoms with Crippen molar-refractivity contribution in [2.75, 3.05) is 0 Å². The van der Waals surface area contributed by atoms with Gasteiger partial charge in [0.05, 0.1) is 18.0 Å². The summed E-state index contributed by atoms with van der Waals surface area (Å²) in [5.41, 5.74) is 3.56. The lowest BCUT2D eigenvalue weighted by atomic mass is 10.0. The average Bonchev–Trinajstić information content (AvgIpc) is 2.40. The molecule has 0 radical (unpaired) electrons. The fraction of sp³-hybridized carbons (Fsp3) is 0. The summed E-state index contributed by atoms with van der Waals surface area (Å²) in [5.74, 6) is 0. The normalized spacial score (nSPS) is 10.4. The van der Waals surface area contributed by atoms with Crippen molar-refractivity contribution in [2.45, 2.75) is 0 Å². The molecule has 0 bridgehead atoms. The number of hydrogen-bond donors (Lipinski definition) is 0. The summed E-state index contributed by atoms with van der Waals surface area (Å²) in [6.45, 7) is 0. The maximum absolute atomic E-state index is 12.0. The summed E-state index contributed by atoms with van der Waals surface area (Å²) in [6.07, 6.45) is 1.93. The zero-order valence-corrected chi connectivity index (χ0v) is 9.10. The van der Waals surface area contributed by atoms with E-state index >= 15 is 0 Å². The molecule has 1 nitrogen and oxygen atoms in total. The Hall–Kier alpha value is -2.40. The van der Waals surface area contributed by atoms with E-state index in [-0.39, 0.29) is 0 Å². The zero-order chi connectivity index (χ0) is 12.1. The molecule has 2 aromatic carbocycles. The summed E-state index contributed by atoms with van der Waals surface area (Å²) in [6, 6.07) is 17.0. The first-order valence-corrected chi connectivity index (χ1v) is 5.21. The quantitative estimate of drug-likeness (QED) is 0.749. The minimum absolute atomic E-state index is 0.525. The van der Waals surface area contributed by atoms with Crippen LogP contribution in [0.3, 0.4) is 0 Å². The van der Waals surface area contributed by atoms with Gasteiger partial charge in [0.25, 0.3) is 0 Å². The fourth-order valence-electron chi connectivity index (χ4n) is 1.60. The molecule has 82 valence electrons. The number of hydrogen-bond acceptors (Lipinski definition) is 1. The van der Waals surface area contributed by atoms with Gasteiger partial charge < -0.3 is 0 Å². The van der Waals surface area contributed by atoms with Crippen molar-refractivity contribution in [3.05, 3.63) is 66.0 Å². The van der Waals surface area contributed by atoms with Crippen molar-refractivity contribution in [1.29, 1.82) is 5.26 Å². The molecular formula is C15H10FN. The second-order valence-electron chi connectivity index (χ2n) is 3.60. The van der Waals surface area contributed by atoms with Crippen LogP contribution in [0.2, 0.25) is 0 Å². The zero-order valence-electron chi connectivity index (χ0n) is 9.10. The van der Waals surface area contributed by atoms with Gasteiger partial charge in [-0.3, -0.25) is 0 Å². The Kier molecular flexibility index (Phi) is 3.32. The molecule has 0 atom stereocenters. The van der Waals surface area contributed by atoms with Gasteiger partial charge in [0.2, 0.25) is 0 Å². The highest BCUT2D eigenvalue weighted by Gasteiger charge is 1.97. The van der Waals surface area contributed by atoms with Crippen LogP contribution in [-0.4, -0.2) is 0 Å². The maximum Gasteiger partial charge on any atom is 0.0991 e. The van der Waals surface area contributed by atoms with Crippen LogP contribution in [0.25, 0.3) is 17.2 Å². The largest absolute Gasteiger partial charge is 0.216 e. The molecule has 2 heteroatoms. The first-order valence-electron chi connectivity index (χ1n) is 5.21. The lowest BCUT2D eigenvalue weighted by Crippen LogP contribution is -1.79. The first-order chi connectivity index (χ1) is 8.33. The van der Waals surface area contributed by atoms with Crippen LogP contribution in [0.4, 0.5) is 4.39 Å². The van der Waals surface area contributed by atoms with Crippen LogP contribution in [0, 0.1) is 11.3 Å². The molecule has 0 aromatic heterocycles. The third-order valence-electron chi connectivity index (χ3n) is 2.51. The number of rotatable bonds is 2. The van der Waals surface area contributed by atoms with E-state index in [2.05, 4.69) is 6.07 Å². The van der Waals surface area contributed by atoms with Crippen LogP contribution < -0.4 is 0 Å². The summed E-state index contributed by atoms with van der Waals surface area (Å²) in [5, 5.41) is 8.70. The second kappa shape index (κ2) is 5.09. The van der Waals surface area contributed by atoms with Gasteiger partial charge in [-0.25, -0.2) is 4.39 Å². The third-order valence-corrected chi connectivity index (χ3v) is 2.51. The number of nitrogens with zero attached hydrogens (tertiary/aromatic N) is 1. The summed E-state index contributed by atoms with van der Waals surface area (Å²) in [4.78, 5) is 0. The molecule has 0 saturated heterocycles. The lowest BCUT2D eigenvalue weighted by molar-refractivity contribution is 0.727. The van der Waals surface area contributed by atoms with Crippen molar-refractivity contribution in [1.82, 2.24) is 0 Å². The summed E-state index contributed by atoms with van der Waals surface area (Å²) < 4.78 is 12.0. The third kappa shape index (κ3) is 2.59. The Morgan fingerprint density at radius 2 is 1.41 bits per heavy atom. The van der Waals surface area contributed by atoms with Crippen LogP contribution in [-0.2, 0) is 0 Å². The van der Waals surface area contributed by atoms with E-state index in [1.165, 1.54) is 6.08 Å². The number of nitriles is 1. The molecule has 17 heavy (non-hydrogen) atoms. The standard InChI is InChI=1S/C15H10FN/c16-10-9-12-1-5-14(6-2-12)15-7-3-13(11-17)4-8-15/h1-10H/b10-9+. The predicted octanol–water partition coefficient (Wildman–Crippen LogP) is 4.17. The maximum atomic E-state index is 12.0. The van der Waals surface area contributed by atoms with Gasteiger partial charge in [-0.2, -0.15) is 5.26 Å². The van der Waals surface area contributed by atoms with E-state index in [1.807, 2.05) is 36.4 Å². The highest BCUT2D eigenvalue weighted by Crippen LogP contribution is 2.20. The monoisotopic (exact) mass is 223 g/mol. The van der Waals surface area contributed by atoms with Gasteiger partial charge in [0.15, 0.2) is 0 Å². The van der Waals surface area contributed by atoms with E-state index in [1.54, 1.807) is 12.1 Å². The molecule has 0 saturated carbocycles. The van der Waals surface area contributed by atoms with Crippen molar-refractivity contribution in [3.8, 4) is 17.2 Å². The van der Waals surface area contributed by atoms with Gasteiger partial charge in [-0.1, -0.05) is 36.4 Å². The van der Waals surface area contributed by atoms with E-state index in [0.29, 0.717) is 11.9 Å². The fourth-order valence-corrected chi connectivity index (χ4v) is 1.60. The van der Waals surface area contributed by atoms with Crippen molar-refractivity contribution in [3.63, 3.8) is 0 Å². The van der Waals surface area contributed by atoms with Gasteiger partial charge in [0.1, 0.15) is 0 Å². The topological polar surface area (TPSA) is 23.8 Å². The molecule has 0 amide bonds. The van der Waals surface area contributed by atoms with Gasteiger partial charge in [-0.15, -0.1) is 0 Å². The van der Waals surface area contributed by atoms with Gasteiger partial charge in [-0.05, 0) is 34.9 Å². The highest BCUT2D eigenvalue weighted by atomic mass is 19.1. The molecule has 2 aromatic rings. The Bertz CT molecular complexity index is 559. The molecular weight excluding hydrogens is 213 g/mol. The lowest BCUT2D eigenvalue weighted by Gasteiger charge is -2.02. The predicted molar refractivity (Wildman–Crippen MR) is 66.7 cm³/mol. The first kappa shape index (κ1) is 11.1. The van der Waals surface area contributed by atoms with Gasteiger partial charge >= 0.3 is 0 Å². The van der Waals surface area contributed by atoms with E-state index in [4.69, 9.17) is 5.26 Å². The summed E-state index contributed by atoms with van der Waals surface area (Å²) >= 11 is 0. The molecule has 0 aliphatic rings. The van der Waals surface area contributed by atoms with Crippen molar-refractivity contribution >= 4 is 6.08 Å². The van der Waals surface area contributed by atoms with Crippen LogP contribution in [0.1, 0.15) is 11.1 Å². The summed E-state index contributed by atoms with van der Waals surface area (Å²) in [7, 11) is 0. The molecule has 0 aliphatic heterocycles. The molecule has 0 unspecified atom stereocenters. The van der Waals surface area contributed by atoms with Crippen molar-refractivity contribution < 1.29 is 4.39 Å². The molecule has 0 heterocycles. The van der Waals surface area contributed by atoms with Crippen LogP contribution in [0.5, 0.6) is 0 Å². The minimum atomic E-state index is 0.525. The Morgan fingerprint density at radius 3 is 1.88 bits per heavy atom. The molecule has 0 spiro atoms. The van der Waals surface area contributed by atoms with Gasteiger partial charge in [0, 0.05) is 0 Å². The smallest absolute Gasteiger partial charge is 0.0991 e. The van der Waals surface area contributed by atoms with Crippen molar-refractivity contribution in [2.24, 2.45) is 0 Å². The molecule has 0 N–H and O–H groups in total. The highest BCUT2D eigenvalue weighted by molar-refractivity contribution is 5.66. The van der Waals surface area contributed by atoms with E-state index < -0.39 is 0 Å².